The quantitative estimate of drug-likeness (QED) is 0.319. The molecule has 1 aromatic heterocycles. The van der Waals surface area contributed by atoms with Gasteiger partial charge in [-0.1, -0.05) is 77.8 Å². The Balaban J connectivity index is 1.53. The van der Waals surface area contributed by atoms with Crippen molar-refractivity contribution in [2.45, 2.75) is 19.6 Å². The molecule has 1 atom stereocenters. The van der Waals surface area contributed by atoms with Crippen molar-refractivity contribution in [1.29, 1.82) is 0 Å². The maximum absolute atomic E-state index is 6.58. The summed E-state index contributed by atoms with van der Waals surface area (Å²) in [5.74, 6) is 0. The second-order valence-corrected chi connectivity index (χ2v) is 9.15. The molecule has 4 aromatic rings. The Morgan fingerprint density at radius 1 is 0.939 bits per heavy atom. The molecular formula is C27H25Cl2N3O. The minimum atomic E-state index is -0.114. The summed E-state index contributed by atoms with van der Waals surface area (Å²) in [5.41, 5.74) is 6.21. The third-order valence-electron chi connectivity index (χ3n) is 6.06. The Morgan fingerprint density at radius 3 is 2.42 bits per heavy atom. The monoisotopic (exact) mass is 477 g/mol. The van der Waals surface area contributed by atoms with E-state index in [2.05, 4.69) is 42.2 Å². The van der Waals surface area contributed by atoms with Crippen LogP contribution in [0.2, 0.25) is 10.0 Å². The summed E-state index contributed by atoms with van der Waals surface area (Å²) in [6.07, 6.45) is -0.114. The van der Waals surface area contributed by atoms with Crippen LogP contribution in [-0.4, -0.2) is 34.4 Å². The number of halogens is 2. The first-order valence-electron chi connectivity index (χ1n) is 11.1. The molecule has 0 radical (unpaired) electrons. The molecule has 0 bridgehead atoms. The Morgan fingerprint density at radius 2 is 1.67 bits per heavy atom. The van der Waals surface area contributed by atoms with Gasteiger partial charge in [-0.2, -0.15) is 5.10 Å². The Labute approximate surface area is 204 Å². The summed E-state index contributed by atoms with van der Waals surface area (Å²) in [4.78, 5) is 2.43. The minimum absolute atomic E-state index is 0.114. The number of nitrogens with zero attached hydrogens (tertiary/aromatic N) is 3. The van der Waals surface area contributed by atoms with Crippen molar-refractivity contribution in [2.24, 2.45) is 0 Å². The van der Waals surface area contributed by atoms with Crippen LogP contribution in [0.4, 0.5) is 0 Å². The summed E-state index contributed by atoms with van der Waals surface area (Å²) in [5, 5.41) is 6.40. The lowest BCUT2D eigenvalue weighted by atomic mass is 10.0. The highest BCUT2D eigenvalue weighted by molar-refractivity contribution is 6.32. The molecule has 33 heavy (non-hydrogen) atoms. The van der Waals surface area contributed by atoms with Crippen LogP contribution in [0.25, 0.3) is 16.9 Å². The Kier molecular flexibility index (Phi) is 6.52. The highest BCUT2D eigenvalue weighted by atomic mass is 35.5. The van der Waals surface area contributed by atoms with E-state index in [0.29, 0.717) is 16.7 Å². The molecule has 1 fully saturated rings. The van der Waals surface area contributed by atoms with Crippen molar-refractivity contribution in [3.8, 4) is 16.9 Å². The van der Waals surface area contributed by atoms with E-state index in [-0.39, 0.29) is 6.10 Å². The maximum Gasteiger partial charge on any atom is 0.114 e. The third kappa shape index (κ3) is 4.71. The van der Waals surface area contributed by atoms with E-state index in [1.807, 2.05) is 53.2 Å². The first-order chi connectivity index (χ1) is 16.1. The first kappa shape index (κ1) is 22.2. The number of rotatable bonds is 5. The zero-order valence-corrected chi connectivity index (χ0v) is 19.9. The van der Waals surface area contributed by atoms with Gasteiger partial charge in [0.2, 0.25) is 0 Å². The van der Waals surface area contributed by atoms with Gasteiger partial charge in [-0.05, 0) is 36.8 Å². The number of ether oxygens (including phenoxy) is 1. The third-order valence-corrected chi connectivity index (χ3v) is 6.63. The number of para-hydroxylation sites is 1. The molecule has 0 saturated carbocycles. The summed E-state index contributed by atoms with van der Waals surface area (Å²) in [6.45, 7) is 5.37. The summed E-state index contributed by atoms with van der Waals surface area (Å²) >= 11 is 12.7. The van der Waals surface area contributed by atoms with Gasteiger partial charge in [-0.25, -0.2) is 4.68 Å². The molecule has 0 N–H and O–H groups in total. The smallest absolute Gasteiger partial charge is 0.114 e. The molecule has 0 amide bonds. The molecule has 5 rings (SSSR count). The lowest BCUT2D eigenvalue weighted by Crippen LogP contribution is -2.38. The van der Waals surface area contributed by atoms with E-state index in [0.717, 1.165) is 47.8 Å². The van der Waals surface area contributed by atoms with Crippen molar-refractivity contribution >= 4 is 23.2 Å². The molecule has 0 spiro atoms. The van der Waals surface area contributed by atoms with Gasteiger partial charge in [0.05, 0.1) is 28.7 Å². The second-order valence-electron chi connectivity index (χ2n) is 8.31. The van der Waals surface area contributed by atoms with Crippen LogP contribution in [0.3, 0.4) is 0 Å². The summed E-state index contributed by atoms with van der Waals surface area (Å²) in [7, 11) is 0. The second kappa shape index (κ2) is 9.70. The van der Waals surface area contributed by atoms with Gasteiger partial charge in [0.15, 0.2) is 0 Å². The largest absolute Gasteiger partial charge is 0.369 e. The Bertz CT molecular complexity index is 1240. The van der Waals surface area contributed by atoms with Crippen LogP contribution in [0.5, 0.6) is 0 Å². The van der Waals surface area contributed by atoms with Crippen LogP contribution in [0.15, 0.2) is 78.9 Å². The van der Waals surface area contributed by atoms with E-state index in [9.17, 15) is 0 Å². The molecule has 3 aromatic carbocycles. The van der Waals surface area contributed by atoms with E-state index >= 15 is 0 Å². The first-order valence-corrected chi connectivity index (χ1v) is 11.8. The van der Waals surface area contributed by atoms with Crippen LogP contribution < -0.4 is 0 Å². The molecule has 1 saturated heterocycles. The van der Waals surface area contributed by atoms with E-state index in [4.69, 9.17) is 33.0 Å². The normalized spacial score (nSPS) is 16.8. The Hall–Kier alpha value is -2.63. The molecule has 4 nitrogen and oxygen atoms in total. The van der Waals surface area contributed by atoms with Crippen molar-refractivity contribution in [2.75, 3.05) is 19.7 Å². The fourth-order valence-corrected chi connectivity index (χ4v) is 4.76. The van der Waals surface area contributed by atoms with E-state index in [1.54, 1.807) is 0 Å². The van der Waals surface area contributed by atoms with Gasteiger partial charge in [0, 0.05) is 35.8 Å². The lowest BCUT2D eigenvalue weighted by Gasteiger charge is -2.32. The number of hydrogen-bond acceptors (Lipinski definition) is 3. The number of benzene rings is 3. The minimum Gasteiger partial charge on any atom is -0.369 e. The van der Waals surface area contributed by atoms with Crippen LogP contribution >= 0.6 is 23.2 Å². The zero-order valence-electron chi connectivity index (χ0n) is 18.4. The molecule has 1 aliphatic heterocycles. The molecule has 1 unspecified atom stereocenters. The summed E-state index contributed by atoms with van der Waals surface area (Å²) < 4.78 is 8.17. The van der Waals surface area contributed by atoms with Gasteiger partial charge in [0.25, 0.3) is 0 Å². The average molecular weight is 478 g/mol. The lowest BCUT2D eigenvalue weighted by molar-refractivity contribution is -0.0354. The van der Waals surface area contributed by atoms with Crippen molar-refractivity contribution in [1.82, 2.24) is 14.7 Å². The molecule has 168 valence electrons. The number of morpholine rings is 1. The molecule has 0 aliphatic carbocycles. The fraction of sp³-hybridized carbons (Fsp3) is 0.222. The van der Waals surface area contributed by atoms with Crippen LogP contribution in [0.1, 0.15) is 22.9 Å². The highest BCUT2D eigenvalue weighted by Gasteiger charge is 2.29. The average Bonchev–Trinajstić information content (AvgIpc) is 3.17. The van der Waals surface area contributed by atoms with Gasteiger partial charge >= 0.3 is 0 Å². The van der Waals surface area contributed by atoms with Crippen LogP contribution in [0, 0.1) is 6.92 Å². The molecule has 1 aliphatic rings. The molecule has 6 heteroatoms. The summed E-state index contributed by atoms with van der Waals surface area (Å²) in [6, 6.07) is 26.2. The molecular weight excluding hydrogens is 453 g/mol. The van der Waals surface area contributed by atoms with Crippen molar-refractivity contribution in [3.05, 3.63) is 106 Å². The van der Waals surface area contributed by atoms with Gasteiger partial charge < -0.3 is 4.74 Å². The fourth-order valence-electron chi connectivity index (χ4n) is 4.42. The number of hydrogen-bond donors (Lipinski definition) is 0. The maximum atomic E-state index is 6.58. The van der Waals surface area contributed by atoms with Gasteiger partial charge in [-0.3, -0.25) is 4.90 Å². The van der Waals surface area contributed by atoms with E-state index in [1.165, 1.54) is 5.56 Å². The van der Waals surface area contributed by atoms with Crippen molar-refractivity contribution in [3.63, 3.8) is 0 Å². The topological polar surface area (TPSA) is 30.3 Å². The van der Waals surface area contributed by atoms with Crippen molar-refractivity contribution < 1.29 is 4.74 Å². The van der Waals surface area contributed by atoms with E-state index < -0.39 is 0 Å². The highest BCUT2D eigenvalue weighted by Crippen LogP contribution is 2.35. The van der Waals surface area contributed by atoms with Gasteiger partial charge in [0.1, 0.15) is 6.10 Å². The SMILES string of the molecule is Cc1c(C2CN(Cc3ccccc3)CCO2)nn(-c2ccccc2Cl)c1-c1ccc(Cl)cc1. The standard InChI is InChI=1S/C27H25Cl2N3O/c1-19-26(25-18-31(15-16-33-25)17-20-7-3-2-4-8-20)30-32(24-10-6-5-9-23(24)29)27(19)21-11-13-22(28)14-12-21/h2-14,25H,15-18H2,1H3. The predicted octanol–water partition coefficient (Wildman–Crippen LogP) is 6.73. The molecule has 2 heterocycles. The van der Waals surface area contributed by atoms with Gasteiger partial charge in [-0.15, -0.1) is 0 Å². The van der Waals surface area contributed by atoms with Crippen LogP contribution in [-0.2, 0) is 11.3 Å². The predicted molar refractivity (Wildman–Crippen MR) is 134 cm³/mol. The zero-order chi connectivity index (χ0) is 22.8. The number of aromatic nitrogens is 2.